The largest absolute Gasteiger partial charge is 0.474 e. The Bertz CT molecular complexity index is 734. The lowest BCUT2D eigenvalue weighted by atomic mass is 10.2. The number of carbonyl (C=O) groups is 1. The molecule has 1 saturated carbocycles. The number of pyridine rings is 1. The van der Waals surface area contributed by atoms with Gasteiger partial charge in [0, 0.05) is 51.6 Å². The highest BCUT2D eigenvalue weighted by Crippen LogP contribution is 2.23. The van der Waals surface area contributed by atoms with Gasteiger partial charge in [-0.15, -0.1) is 0 Å². The maximum absolute atomic E-state index is 12.6. The summed E-state index contributed by atoms with van der Waals surface area (Å²) >= 11 is 0. The number of piperazine rings is 1. The molecule has 3 heterocycles. The molecule has 170 valence electrons. The van der Waals surface area contributed by atoms with Crippen LogP contribution in [0.2, 0.25) is 0 Å². The minimum absolute atomic E-state index is 0.144. The van der Waals surface area contributed by atoms with Crippen LogP contribution in [0.1, 0.15) is 51.0 Å². The number of rotatable bonds is 6. The summed E-state index contributed by atoms with van der Waals surface area (Å²) in [4.78, 5) is 26.0. The highest BCUT2D eigenvalue weighted by molar-refractivity contribution is 5.82. The lowest BCUT2D eigenvalue weighted by Crippen LogP contribution is -2.55. The molecule has 1 N–H and O–H groups in total. The molecule has 8 nitrogen and oxygen atoms in total. The summed E-state index contributed by atoms with van der Waals surface area (Å²) in [6.45, 7) is 7.11. The van der Waals surface area contributed by atoms with Gasteiger partial charge in [0.15, 0.2) is 5.96 Å². The fourth-order valence-electron chi connectivity index (χ4n) is 4.46. The van der Waals surface area contributed by atoms with E-state index >= 15 is 0 Å². The van der Waals surface area contributed by atoms with Crippen molar-refractivity contribution in [1.82, 2.24) is 20.1 Å². The van der Waals surface area contributed by atoms with Gasteiger partial charge in [-0.3, -0.25) is 4.79 Å². The molecule has 1 atom stereocenters. The minimum atomic E-state index is -0.235. The number of amides is 1. The van der Waals surface area contributed by atoms with E-state index < -0.39 is 0 Å². The molecule has 0 spiro atoms. The molecule has 8 heteroatoms. The molecule has 31 heavy (non-hydrogen) atoms. The minimum Gasteiger partial charge on any atom is -0.474 e. The number of nitrogens with zero attached hydrogens (tertiary/aromatic N) is 4. The van der Waals surface area contributed by atoms with E-state index in [1.807, 2.05) is 23.2 Å². The number of aromatic nitrogens is 1. The van der Waals surface area contributed by atoms with E-state index in [2.05, 4.69) is 22.1 Å². The molecule has 3 fully saturated rings. The third kappa shape index (κ3) is 5.87. The second kappa shape index (κ2) is 10.8. The number of carbonyl (C=O) groups excluding carboxylic acids is 1. The lowest BCUT2D eigenvalue weighted by molar-refractivity contribution is -0.142. The zero-order valence-corrected chi connectivity index (χ0v) is 18.6. The average molecular weight is 430 g/mol. The topological polar surface area (TPSA) is 79.3 Å². The second-order valence-electron chi connectivity index (χ2n) is 8.51. The van der Waals surface area contributed by atoms with Gasteiger partial charge < -0.3 is 24.6 Å². The average Bonchev–Trinajstić information content (AvgIpc) is 3.52. The molecule has 1 aromatic rings. The van der Waals surface area contributed by atoms with Gasteiger partial charge in [0.25, 0.3) is 5.91 Å². The molecule has 3 aliphatic rings. The van der Waals surface area contributed by atoms with Crippen LogP contribution in [-0.4, -0.2) is 78.2 Å². The Morgan fingerprint density at radius 1 is 1.16 bits per heavy atom. The Morgan fingerprint density at radius 3 is 2.58 bits per heavy atom. The van der Waals surface area contributed by atoms with E-state index in [4.69, 9.17) is 14.5 Å². The van der Waals surface area contributed by atoms with Gasteiger partial charge in [0.2, 0.25) is 5.88 Å². The Kier molecular flexibility index (Phi) is 7.61. The van der Waals surface area contributed by atoms with Crippen LogP contribution in [0.15, 0.2) is 23.3 Å². The van der Waals surface area contributed by atoms with E-state index in [-0.39, 0.29) is 12.0 Å². The maximum atomic E-state index is 12.6. The highest BCUT2D eigenvalue weighted by atomic mass is 16.5. The van der Waals surface area contributed by atoms with Gasteiger partial charge in [0.05, 0.1) is 6.54 Å². The lowest BCUT2D eigenvalue weighted by Gasteiger charge is -2.37. The summed E-state index contributed by atoms with van der Waals surface area (Å²) in [5, 5.41) is 3.38. The predicted octanol–water partition coefficient (Wildman–Crippen LogP) is 2.19. The van der Waals surface area contributed by atoms with Crippen LogP contribution in [0, 0.1) is 0 Å². The van der Waals surface area contributed by atoms with Gasteiger partial charge in [-0.2, -0.15) is 0 Å². The second-order valence-corrected chi connectivity index (χ2v) is 8.51. The fraction of sp³-hybridized carbons (Fsp3) is 0.696. The van der Waals surface area contributed by atoms with Gasteiger partial charge in [-0.05, 0) is 51.0 Å². The van der Waals surface area contributed by atoms with Crippen LogP contribution in [0.25, 0.3) is 0 Å². The van der Waals surface area contributed by atoms with Gasteiger partial charge in [-0.1, -0.05) is 6.07 Å². The van der Waals surface area contributed by atoms with E-state index in [1.165, 1.54) is 12.8 Å². The van der Waals surface area contributed by atoms with E-state index in [0.29, 0.717) is 38.2 Å². The van der Waals surface area contributed by atoms with Gasteiger partial charge in [0.1, 0.15) is 12.2 Å². The molecular weight excluding hydrogens is 394 g/mol. The first kappa shape index (κ1) is 21.9. The summed E-state index contributed by atoms with van der Waals surface area (Å²) in [6.07, 6.45) is 8.54. The Balaban J connectivity index is 1.29. The summed E-state index contributed by atoms with van der Waals surface area (Å²) in [6, 6.07) is 3.99. The summed E-state index contributed by atoms with van der Waals surface area (Å²) in [5.41, 5.74) is 1.06. The molecule has 1 aromatic heterocycles. The zero-order chi connectivity index (χ0) is 21.5. The Labute approximate surface area is 185 Å². The molecule has 1 aliphatic carbocycles. The first-order chi connectivity index (χ1) is 15.2. The molecule has 4 rings (SSSR count). The normalized spacial score (nSPS) is 22.7. The van der Waals surface area contributed by atoms with Gasteiger partial charge >= 0.3 is 0 Å². The third-order valence-corrected chi connectivity index (χ3v) is 6.23. The van der Waals surface area contributed by atoms with Crippen molar-refractivity contribution in [3.8, 4) is 5.88 Å². The fourth-order valence-corrected chi connectivity index (χ4v) is 4.46. The summed E-state index contributed by atoms with van der Waals surface area (Å²) < 4.78 is 11.5. The highest BCUT2D eigenvalue weighted by Gasteiger charge is 2.30. The van der Waals surface area contributed by atoms with Crippen molar-refractivity contribution in [1.29, 1.82) is 0 Å². The van der Waals surface area contributed by atoms with Crippen molar-refractivity contribution in [2.24, 2.45) is 4.99 Å². The first-order valence-corrected chi connectivity index (χ1v) is 11.8. The third-order valence-electron chi connectivity index (χ3n) is 6.23. The number of aliphatic imine (C=N–C) groups is 1. The van der Waals surface area contributed by atoms with Crippen molar-refractivity contribution < 1.29 is 14.3 Å². The van der Waals surface area contributed by atoms with Crippen molar-refractivity contribution >= 4 is 11.9 Å². The Morgan fingerprint density at radius 2 is 1.94 bits per heavy atom. The van der Waals surface area contributed by atoms with E-state index in [0.717, 1.165) is 56.8 Å². The SMILES string of the molecule is CCNC(=NCc1ccc(OC2CCCC2)nc1)N1CCN(C(=O)C2CCCO2)CC1. The van der Waals surface area contributed by atoms with Crippen LogP contribution in [-0.2, 0) is 16.1 Å². The first-order valence-electron chi connectivity index (χ1n) is 11.8. The maximum Gasteiger partial charge on any atom is 0.251 e. The van der Waals surface area contributed by atoms with Crippen molar-refractivity contribution in [3.05, 3.63) is 23.9 Å². The molecule has 2 aliphatic heterocycles. The molecule has 1 unspecified atom stereocenters. The van der Waals surface area contributed by atoms with Crippen molar-refractivity contribution in [2.75, 3.05) is 39.3 Å². The zero-order valence-electron chi connectivity index (χ0n) is 18.6. The number of ether oxygens (including phenoxy) is 2. The predicted molar refractivity (Wildman–Crippen MR) is 119 cm³/mol. The molecule has 0 bridgehead atoms. The van der Waals surface area contributed by atoms with Crippen LogP contribution in [0.4, 0.5) is 0 Å². The van der Waals surface area contributed by atoms with Gasteiger partial charge in [-0.25, -0.2) is 9.98 Å². The molecular formula is C23H35N5O3. The van der Waals surface area contributed by atoms with Crippen LogP contribution in [0.5, 0.6) is 5.88 Å². The molecule has 1 amide bonds. The Hall–Kier alpha value is -2.35. The smallest absolute Gasteiger partial charge is 0.251 e. The number of hydrogen-bond donors (Lipinski definition) is 1. The van der Waals surface area contributed by atoms with E-state index in [9.17, 15) is 4.79 Å². The van der Waals surface area contributed by atoms with Crippen molar-refractivity contribution in [3.63, 3.8) is 0 Å². The number of guanidine groups is 1. The van der Waals surface area contributed by atoms with Crippen molar-refractivity contribution in [2.45, 2.75) is 64.2 Å². The van der Waals surface area contributed by atoms with E-state index in [1.54, 1.807) is 0 Å². The molecule has 2 saturated heterocycles. The van der Waals surface area contributed by atoms with Crippen LogP contribution >= 0.6 is 0 Å². The molecule has 0 radical (unpaired) electrons. The number of hydrogen-bond acceptors (Lipinski definition) is 5. The van der Waals surface area contributed by atoms with Crippen LogP contribution < -0.4 is 10.1 Å². The summed E-state index contributed by atoms with van der Waals surface area (Å²) in [7, 11) is 0. The molecule has 0 aromatic carbocycles. The number of nitrogens with one attached hydrogen (secondary N) is 1. The van der Waals surface area contributed by atoms with Crippen LogP contribution in [0.3, 0.4) is 0 Å². The monoisotopic (exact) mass is 429 g/mol. The quantitative estimate of drug-likeness (QED) is 0.552. The summed E-state index contributed by atoms with van der Waals surface area (Å²) in [5.74, 6) is 1.74. The standard InChI is InChI=1S/C23H35N5O3/c1-2-24-23(28-13-11-27(12-14-28)22(29)20-8-5-15-30-20)26-17-18-9-10-21(25-16-18)31-19-6-3-4-7-19/h9-10,16,19-20H,2-8,11-15,17H2,1H3,(H,24,26).